The Balaban J connectivity index is 3.05. The van der Waals surface area contributed by atoms with Gasteiger partial charge in [0.15, 0.2) is 0 Å². The fourth-order valence-corrected chi connectivity index (χ4v) is 0.207. The van der Waals surface area contributed by atoms with Crippen LogP contribution in [0, 0.1) is 0 Å². The van der Waals surface area contributed by atoms with E-state index in [0.717, 1.165) is 0 Å². The van der Waals surface area contributed by atoms with Gasteiger partial charge in [0.1, 0.15) is 0 Å². The Bertz CT molecular complexity index is 84.1. The van der Waals surface area contributed by atoms with Crippen molar-refractivity contribution in [2.24, 2.45) is 5.73 Å². The molecule has 3 N–H and O–H groups in total. The van der Waals surface area contributed by atoms with Crippen molar-refractivity contribution in [2.75, 3.05) is 6.52 Å². The maximum atomic E-state index is 9.76. The third kappa shape index (κ3) is 5.43. The molecule has 0 aliphatic rings. The number of carboxylic acids is 1. The van der Waals surface area contributed by atoms with Crippen LogP contribution in [0.3, 0.4) is 0 Å². The van der Waals surface area contributed by atoms with Crippen molar-refractivity contribution in [3.8, 4) is 0 Å². The highest BCUT2D eigenvalue weighted by Gasteiger charge is 1.91. The quantitative estimate of drug-likeness (QED) is 0.521. The van der Waals surface area contributed by atoms with Crippen molar-refractivity contribution in [3.05, 3.63) is 0 Å². The topological polar surface area (TPSA) is 63.3 Å². The van der Waals surface area contributed by atoms with E-state index in [1.54, 1.807) is 0 Å². The van der Waals surface area contributed by atoms with E-state index < -0.39 is 12.5 Å². The van der Waals surface area contributed by atoms with Crippen LogP contribution in [0.25, 0.3) is 0 Å². The molecule has 0 unspecified atom stereocenters. The lowest BCUT2D eigenvalue weighted by Crippen LogP contribution is -2.02. The van der Waals surface area contributed by atoms with Gasteiger partial charge in [0.2, 0.25) is 0 Å². The van der Waals surface area contributed by atoms with Crippen LogP contribution >= 0.6 is 0 Å². The highest BCUT2D eigenvalue weighted by molar-refractivity contribution is 5.66. The molecule has 0 spiro atoms. The number of hydrogen-bond acceptors (Lipinski definition) is 2. The summed E-state index contributed by atoms with van der Waals surface area (Å²) in [5.41, 5.74) is 4.94. The van der Waals surface area contributed by atoms with Crippen LogP contribution in [-0.2, 0) is 4.79 Å². The van der Waals surface area contributed by atoms with E-state index in [1.807, 2.05) is 0 Å². The summed E-state index contributed by atoms with van der Waals surface area (Å²) in [6, 6.07) is 0. The van der Waals surface area contributed by atoms with Gasteiger partial charge >= 0.3 is 5.97 Å². The van der Waals surface area contributed by atoms with Crippen molar-refractivity contribution in [3.63, 3.8) is 0 Å². The molecule has 0 radical (unpaired) electrons. The predicted octanol–water partition coefficient (Wildman–Crippen LogP) is -0.190. The van der Waals surface area contributed by atoms with Crippen LogP contribution in [0.1, 0.15) is 14.2 Å². The largest absolute Gasteiger partial charge is 0.481 e. The van der Waals surface area contributed by atoms with Crippen LogP contribution < -0.4 is 5.73 Å². The van der Waals surface area contributed by atoms with Crippen LogP contribution in [0.4, 0.5) is 0 Å². The van der Waals surface area contributed by atoms with Gasteiger partial charge in [-0.1, -0.05) is 0 Å². The smallest absolute Gasteiger partial charge is 0.303 e. The van der Waals surface area contributed by atoms with Crippen molar-refractivity contribution < 1.29 is 11.3 Å². The van der Waals surface area contributed by atoms with Gasteiger partial charge in [0.25, 0.3) is 0 Å². The summed E-state index contributed by atoms with van der Waals surface area (Å²) in [6.45, 7) is -0.744. The summed E-state index contributed by atoms with van der Waals surface area (Å²) >= 11 is 0. The van der Waals surface area contributed by atoms with E-state index in [-0.39, 0.29) is 12.8 Å². The van der Waals surface area contributed by atoms with E-state index >= 15 is 0 Å². The molecular formula is C4H9NO2. The minimum absolute atomic E-state index is 0.00926. The molecule has 0 aromatic rings. The average Bonchev–Trinajstić information content (AvgIpc) is 1.61. The second-order valence-corrected chi connectivity index (χ2v) is 1.17. The molecule has 42 valence electrons. The lowest BCUT2D eigenvalue weighted by molar-refractivity contribution is -0.137. The molecule has 0 aliphatic carbocycles. The number of carbonyl (C=O) groups is 1. The van der Waals surface area contributed by atoms with E-state index in [4.69, 9.17) is 12.2 Å². The zero-order valence-corrected chi connectivity index (χ0v) is 3.92. The number of rotatable bonds is 3. The Kier molecular flexibility index (Phi) is 2.37. The Morgan fingerprint density at radius 1 is 2.00 bits per heavy atom. The Labute approximate surface area is 43.5 Å². The van der Waals surface area contributed by atoms with Crippen molar-refractivity contribution in [1.82, 2.24) is 0 Å². The molecule has 0 saturated carbocycles. The summed E-state index contributed by atoms with van der Waals surface area (Å²) in [5.74, 6) is -0.896. The van der Waals surface area contributed by atoms with E-state index in [1.165, 1.54) is 0 Å². The van der Waals surface area contributed by atoms with Gasteiger partial charge in [-0.2, -0.15) is 0 Å². The number of carboxylic acid groups (broad SMARTS) is 1. The van der Waals surface area contributed by atoms with Gasteiger partial charge in [-0.3, -0.25) is 4.79 Å². The summed E-state index contributed by atoms with van der Waals surface area (Å²) in [6.07, 6.45) is 0.222. The number of aliphatic carboxylic acids is 1. The zero-order chi connectivity index (χ0) is 6.57. The molecule has 0 aromatic heterocycles. The summed E-state index contributed by atoms with van der Waals surface area (Å²) < 4.78 is 6.69. The second kappa shape index (κ2) is 3.61. The first kappa shape index (κ1) is 4.59. The van der Waals surface area contributed by atoms with E-state index in [2.05, 4.69) is 0 Å². The van der Waals surface area contributed by atoms with Gasteiger partial charge in [-0.25, -0.2) is 0 Å². The number of nitrogens with two attached hydrogens (primary N) is 1. The van der Waals surface area contributed by atoms with E-state index in [0.29, 0.717) is 0 Å². The lowest BCUT2D eigenvalue weighted by Gasteiger charge is -1.86. The molecule has 0 heterocycles. The zero-order valence-electron chi connectivity index (χ0n) is 4.92. The Morgan fingerprint density at radius 3 is 2.71 bits per heavy atom. The first-order valence-electron chi connectivity index (χ1n) is 2.60. The summed E-state index contributed by atoms with van der Waals surface area (Å²) in [7, 11) is 0. The lowest BCUT2D eigenvalue weighted by atomic mass is 10.3. The maximum absolute atomic E-state index is 9.76. The van der Waals surface area contributed by atoms with E-state index in [9.17, 15) is 4.79 Å². The molecule has 3 nitrogen and oxygen atoms in total. The highest BCUT2D eigenvalue weighted by atomic mass is 16.4. The molecule has 0 amide bonds. The van der Waals surface area contributed by atoms with Crippen LogP contribution in [0.2, 0.25) is 0 Å². The standard InChI is InChI=1S/C4H9NO2/c5-3-1-2-4(6)7/h1-3,5H2,(H,6,7)/i3D/t3-/m0/s1. The van der Waals surface area contributed by atoms with Gasteiger partial charge < -0.3 is 10.8 Å². The van der Waals surface area contributed by atoms with Crippen LogP contribution in [-0.4, -0.2) is 17.6 Å². The molecule has 7 heavy (non-hydrogen) atoms. The molecule has 0 fully saturated rings. The average molecular weight is 104 g/mol. The first-order chi connectivity index (χ1) is 3.63. The maximum Gasteiger partial charge on any atom is 0.303 e. The van der Waals surface area contributed by atoms with Gasteiger partial charge in [0.05, 0.1) is 0 Å². The van der Waals surface area contributed by atoms with Crippen molar-refractivity contribution >= 4 is 5.97 Å². The summed E-state index contributed by atoms with van der Waals surface area (Å²) in [4.78, 5) is 9.76. The first-order valence-corrected chi connectivity index (χ1v) is 2.02. The third-order valence-electron chi connectivity index (χ3n) is 0.525. The minimum atomic E-state index is -0.896. The Morgan fingerprint density at radius 2 is 2.57 bits per heavy atom. The van der Waals surface area contributed by atoms with Crippen LogP contribution in [0.15, 0.2) is 0 Å². The Hall–Kier alpha value is -0.570. The molecular weight excluding hydrogens is 94.0 g/mol. The molecule has 0 aromatic carbocycles. The fourth-order valence-electron chi connectivity index (χ4n) is 0.207. The predicted molar refractivity (Wildman–Crippen MR) is 25.9 cm³/mol. The molecule has 1 atom stereocenters. The molecule has 0 saturated heterocycles. The van der Waals surface area contributed by atoms with Gasteiger partial charge in [0, 0.05) is 7.79 Å². The van der Waals surface area contributed by atoms with Crippen LogP contribution in [0.5, 0.6) is 0 Å². The van der Waals surface area contributed by atoms with Gasteiger partial charge in [-0.15, -0.1) is 0 Å². The molecule has 0 bridgehead atoms. The third-order valence-corrected chi connectivity index (χ3v) is 0.525. The van der Waals surface area contributed by atoms with Crippen molar-refractivity contribution in [2.45, 2.75) is 12.8 Å². The fraction of sp³-hybridized carbons (Fsp3) is 0.750. The minimum Gasteiger partial charge on any atom is -0.481 e. The summed E-state index contributed by atoms with van der Waals surface area (Å²) in [5, 5.41) is 8.02. The molecule has 3 heteroatoms. The van der Waals surface area contributed by atoms with Crippen molar-refractivity contribution in [1.29, 1.82) is 0 Å². The monoisotopic (exact) mass is 104 g/mol. The second-order valence-electron chi connectivity index (χ2n) is 1.17. The molecule has 0 rings (SSSR count). The number of hydrogen-bond donors (Lipinski definition) is 2. The molecule has 0 aliphatic heterocycles. The highest BCUT2D eigenvalue weighted by Crippen LogP contribution is 1.82. The SMILES string of the molecule is [2H][C@H](N)CCC(=O)O. The van der Waals surface area contributed by atoms with Gasteiger partial charge in [-0.05, 0) is 12.9 Å². The normalized spacial score (nSPS) is 15.3.